The van der Waals surface area contributed by atoms with E-state index in [0.717, 1.165) is 12.5 Å². The van der Waals surface area contributed by atoms with Crippen molar-refractivity contribution in [3.8, 4) is 0 Å². The molecule has 0 saturated carbocycles. The predicted octanol–water partition coefficient (Wildman–Crippen LogP) is 2.82. The van der Waals surface area contributed by atoms with Gasteiger partial charge in [-0.15, -0.1) is 0 Å². The molecule has 0 aromatic carbocycles. The van der Waals surface area contributed by atoms with Crippen LogP contribution in [0.25, 0.3) is 0 Å². The molecule has 1 fully saturated rings. The van der Waals surface area contributed by atoms with E-state index in [-0.39, 0.29) is 5.54 Å². The molecule has 3 heteroatoms. The van der Waals surface area contributed by atoms with Crippen molar-refractivity contribution in [2.24, 2.45) is 5.92 Å². The highest BCUT2D eigenvalue weighted by Gasteiger charge is 2.18. The molecule has 0 spiro atoms. The molecule has 0 bridgehead atoms. The van der Waals surface area contributed by atoms with Crippen molar-refractivity contribution in [2.75, 3.05) is 46.8 Å². The van der Waals surface area contributed by atoms with Crippen molar-refractivity contribution >= 4 is 0 Å². The number of piperidine rings is 1. The van der Waals surface area contributed by atoms with E-state index < -0.39 is 0 Å². The summed E-state index contributed by atoms with van der Waals surface area (Å²) >= 11 is 0. The maximum atomic E-state index is 3.57. The minimum atomic E-state index is 0.272. The molecule has 1 saturated heterocycles. The SMILES string of the molecule is CN(C)CC1CCN(CCCCCNC(C)(C)C)CC1. The summed E-state index contributed by atoms with van der Waals surface area (Å²) in [7, 11) is 4.38. The van der Waals surface area contributed by atoms with Gasteiger partial charge in [0.25, 0.3) is 0 Å². The van der Waals surface area contributed by atoms with Gasteiger partial charge in [0.05, 0.1) is 0 Å². The Bertz CT molecular complexity index is 237. The first-order valence-electron chi connectivity index (χ1n) is 8.49. The topological polar surface area (TPSA) is 18.5 Å². The Morgan fingerprint density at radius 3 is 2.25 bits per heavy atom. The number of rotatable bonds is 8. The number of nitrogens with one attached hydrogen (secondary N) is 1. The highest BCUT2D eigenvalue weighted by atomic mass is 15.1. The number of likely N-dealkylation sites (tertiary alicyclic amines) is 1. The van der Waals surface area contributed by atoms with Crippen LogP contribution in [0.2, 0.25) is 0 Å². The molecule has 1 N–H and O–H groups in total. The molecule has 0 radical (unpaired) electrons. The van der Waals surface area contributed by atoms with Crippen LogP contribution in [0.4, 0.5) is 0 Å². The van der Waals surface area contributed by atoms with Gasteiger partial charge < -0.3 is 15.1 Å². The Morgan fingerprint density at radius 1 is 1.05 bits per heavy atom. The lowest BCUT2D eigenvalue weighted by molar-refractivity contribution is 0.160. The minimum Gasteiger partial charge on any atom is -0.312 e. The maximum absolute atomic E-state index is 3.57. The zero-order valence-corrected chi connectivity index (χ0v) is 14.5. The third-order valence-corrected chi connectivity index (χ3v) is 4.14. The third-order valence-electron chi connectivity index (χ3n) is 4.14. The summed E-state index contributed by atoms with van der Waals surface area (Å²) in [5, 5.41) is 3.57. The quantitative estimate of drug-likeness (QED) is 0.691. The van der Waals surface area contributed by atoms with Crippen molar-refractivity contribution in [3.63, 3.8) is 0 Å². The molecule has 1 rings (SSSR count). The van der Waals surface area contributed by atoms with E-state index in [4.69, 9.17) is 0 Å². The van der Waals surface area contributed by atoms with E-state index in [9.17, 15) is 0 Å². The van der Waals surface area contributed by atoms with E-state index in [0.29, 0.717) is 0 Å². The zero-order valence-electron chi connectivity index (χ0n) is 14.5. The number of hydrogen-bond donors (Lipinski definition) is 1. The van der Waals surface area contributed by atoms with Gasteiger partial charge in [0.15, 0.2) is 0 Å². The molecule has 0 aromatic rings. The van der Waals surface area contributed by atoms with Crippen LogP contribution in [0.1, 0.15) is 52.9 Å². The number of hydrogen-bond acceptors (Lipinski definition) is 3. The van der Waals surface area contributed by atoms with Gasteiger partial charge in [-0.2, -0.15) is 0 Å². The van der Waals surface area contributed by atoms with Gasteiger partial charge in [-0.3, -0.25) is 0 Å². The predicted molar refractivity (Wildman–Crippen MR) is 89.3 cm³/mol. The van der Waals surface area contributed by atoms with Crippen LogP contribution in [0.5, 0.6) is 0 Å². The zero-order chi connectivity index (χ0) is 15.0. The van der Waals surface area contributed by atoms with Crippen molar-refractivity contribution in [3.05, 3.63) is 0 Å². The highest BCUT2D eigenvalue weighted by molar-refractivity contribution is 4.74. The van der Waals surface area contributed by atoms with Crippen molar-refractivity contribution in [1.29, 1.82) is 0 Å². The summed E-state index contributed by atoms with van der Waals surface area (Å²) in [6.07, 6.45) is 6.83. The molecule has 1 aliphatic rings. The van der Waals surface area contributed by atoms with Gasteiger partial charge in [0, 0.05) is 12.1 Å². The molecule has 1 aliphatic heterocycles. The third kappa shape index (κ3) is 8.93. The summed E-state index contributed by atoms with van der Waals surface area (Å²) in [5.41, 5.74) is 0.272. The highest BCUT2D eigenvalue weighted by Crippen LogP contribution is 2.18. The fourth-order valence-corrected chi connectivity index (χ4v) is 3.01. The Kier molecular flexibility index (Phi) is 8.08. The van der Waals surface area contributed by atoms with E-state index >= 15 is 0 Å². The smallest absolute Gasteiger partial charge is 0.00965 e. The average molecular weight is 284 g/mol. The first kappa shape index (κ1) is 17.9. The molecule has 1 heterocycles. The van der Waals surface area contributed by atoms with Crippen LogP contribution < -0.4 is 5.32 Å². The van der Waals surface area contributed by atoms with Crippen LogP contribution in [-0.4, -0.2) is 62.2 Å². The van der Waals surface area contributed by atoms with E-state index in [1.165, 1.54) is 58.3 Å². The van der Waals surface area contributed by atoms with Crippen molar-refractivity contribution in [1.82, 2.24) is 15.1 Å². The Balaban J connectivity index is 1.96. The van der Waals surface area contributed by atoms with Gasteiger partial charge >= 0.3 is 0 Å². The number of unbranched alkanes of at least 4 members (excludes halogenated alkanes) is 2. The maximum Gasteiger partial charge on any atom is 0.00965 e. The molecule has 0 unspecified atom stereocenters. The van der Waals surface area contributed by atoms with E-state index in [1.54, 1.807) is 0 Å². The molecule has 3 nitrogen and oxygen atoms in total. The fourth-order valence-electron chi connectivity index (χ4n) is 3.01. The average Bonchev–Trinajstić information content (AvgIpc) is 2.33. The van der Waals surface area contributed by atoms with Crippen molar-refractivity contribution < 1.29 is 0 Å². The Morgan fingerprint density at radius 2 is 1.70 bits per heavy atom. The van der Waals surface area contributed by atoms with Crippen LogP contribution in [0.3, 0.4) is 0 Å². The van der Waals surface area contributed by atoms with Gasteiger partial charge in [-0.05, 0) is 92.6 Å². The largest absolute Gasteiger partial charge is 0.312 e. The second kappa shape index (κ2) is 9.01. The minimum absolute atomic E-state index is 0.272. The molecule has 0 aromatic heterocycles. The summed E-state index contributed by atoms with van der Waals surface area (Å²) < 4.78 is 0. The van der Waals surface area contributed by atoms with Crippen LogP contribution in [-0.2, 0) is 0 Å². The van der Waals surface area contributed by atoms with Gasteiger partial charge in [-0.1, -0.05) is 6.42 Å². The monoisotopic (exact) mass is 283 g/mol. The van der Waals surface area contributed by atoms with Gasteiger partial charge in [0.1, 0.15) is 0 Å². The van der Waals surface area contributed by atoms with Crippen LogP contribution >= 0.6 is 0 Å². The lowest BCUT2D eigenvalue weighted by Crippen LogP contribution is -2.37. The molecule has 0 atom stereocenters. The first-order chi connectivity index (χ1) is 9.37. The normalized spacial score (nSPS) is 18.9. The fraction of sp³-hybridized carbons (Fsp3) is 1.00. The Labute approximate surface area is 127 Å². The molecule has 20 heavy (non-hydrogen) atoms. The standard InChI is InChI=1S/C17H37N3/c1-17(2,3)18-11-7-6-8-12-20-13-9-16(10-14-20)15-19(4)5/h16,18H,6-15H2,1-5H3. The molecule has 120 valence electrons. The molecular weight excluding hydrogens is 246 g/mol. The van der Waals surface area contributed by atoms with Gasteiger partial charge in [0.2, 0.25) is 0 Å². The van der Waals surface area contributed by atoms with Crippen LogP contribution in [0, 0.1) is 5.92 Å². The molecule has 0 amide bonds. The molecule has 0 aliphatic carbocycles. The van der Waals surface area contributed by atoms with Crippen LogP contribution in [0.15, 0.2) is 0 Å². The summed E-state index contributed by atoms with van der Waals surface area (Å²) in [6.45, 7) is 13.1. The van der Waals surface area contributed by atoms with E-state index in [1.807, 2.05) is 0 Å². The Hall–Kier alpha value is -0.120. The second-order valence-electron chi connectivity index (χ2n) is 7.78. The second-order valence-corrected chi connectivity index (χ2v) is 7.78. The van der Waals surface area contributed by atoms with E-state index in [2.05, 4.69) is 50.0 Å². The summed E-state index contributed by atoms with van der Waals surface area (Å²) in [5.74, 6) is 0.928. The number of nitrogens with zero attached hydrogens (tertiary/aromatic N) is 2. The van der Waals surface area contributed by atoms with Gasteiger partial charge in [-0.25, -0.2) is 0 Å². The lowest BCUT2D eigenvalue weighted by Gasteiger charge is -2.33. The first-order valence-corrected chi connectivity index (χ1v) is 8.49. The molecular formula is C17H37N3. The summed E-state index contributed by atoms with van der Waals surface area (Å²) in [4.78, 5) is 5.01. The summed E-state index contributed by atoms with van der Waals surface area (Å²) in [6, 6.07) is 0. The van der Waals surface area contributed by atoms with Crippen molar-refractivity contribution in [2.45, 2.75) is 58.4 Å². The lowest BCUT2D eigenvalue weighted by atomic mass is 9.96.